The molecule has 1 fully saturated rings. The van der Waals surface area contributed by atoms with E-state index in [0.717, 1.165) is 43.9 Å². The summed E-state index contributed by atoms with van der Waals surface area (Å²) in [5, 5.41) is 0. The molecule has 2 aromatic rings. The van der Waals surface area contributed by atoms with Gasteiger partial charge in [-0.1, -0.05) is 31.2 Å². The molecule has 1 heterocycles. The van der Waals surface area contributed by atoms with Crippen LogP contribution in [0.25, 0.3) is 0 Å². The molecule has 0 aliphatic carbocycles. The van der Waals surface area contributed by atoms with Crippen molar-refractivity contribution >= 4 is 0 Å². The summed E-state index contributed by atoms with van der Waals surface area (Å²) in [6.45, 7) is 7.32. The van der Waals surface area contributed by atoms with Gasteiger partial charge in [0.15, 0.2) is 0 Å². The van der Waals surface area contributed by atoms with E-state index in [9.17, 15) is 8.78 Å². The molecule has 0 amide bonds. The van der Waals surface area contributed by atoms with E-state index in [-0.39, 0.29) is 17.7 Å². The number of hydrogen-bond donors (Lipinski definition) is 0. The summed E-state index contributed by atoms with van der Waals surface area (Å²) in [7, 11) is 0. The number of piperazine rings is 1. The minimum atomic E-state index is -0.232. The Labute approximate surface area is 142 Å². The topological polar surface area (TPSA) is 6.48 Å². The fourth-order valence-electron chi connectivity index (χ4n) is 3.47. The van der Waals surface area contributed by atoms with E-state index in [1.165, 1.54) is 30.7 Å². The Hall–Kier alpha value is -1.78. The molecule has 1 aliphatic rings. The maximum Gasteiger partial charge on any atom is 0.123 e. The Morgan fingerprint density at radius 3 is 1.67 bits per heavy atom. The third kappa shape index (κ3) is 4.00. The molecule has 0 unspecified atom stereocenters. The highest BCUT2D eigenvalue weighted by Gasteiger charge is 2.26. The molecule has 0 aromatic heterocycles. The molecule has 0 N–H and O–H groups in total. The second-order valence-corrected chi connectivity index (χ2v) is 6.38. The molecule has 2 nitrogen and oxygen atoms in total. The predicted molar refractivity (Wildman–Crippen MR) is 92.9 cm³/mol. The maximum atomic E-state index is 13.3. The van der Waals surface area contributed by atoms with Crippen LogP contribution in [-0.2, 0) is 0 Å². The lowest BCUT2D eigenvalue weighted by atomic mass is 9.96. The molecule has 0 bridgehead atoms. The highest BCUT2D eigenvalue weighted by Crippen LogP contribution is 2.30. The molecule has 24 heavy (non-hydrogen) atoms. The van der Waals surface area contributed by atoms with E-state index in [2.05, 4.69) is 16.7 Å². The molecule has 4 heteroatoms. The summed E-state index contributed by atoms with van der Waals surface area (Å²) in [5.74, 6) is -0.464. The molecule has 0 radical (unpaired) electrons. The smallest absolute Gasteiger partial charge is 0.123 e. The molecule has 1 saturated heterocycles. The second kappa shape index (κ2) is 7.86. The van der Waals surface area contributed by atoms with Gasteiger partial charge in [0.05, 0.1) is 6.04 Å². The molecule has 0 saturated carbocycles. The number of hydrogen-bond acceptors (Lipinski definition) is 2. The predicted octanol–water partition coefficient (Wildman–Crippen LogP) is 4.08. The van der Waals surface area contributed by atoms with Gasteiger partial charge in [0.2, 0.25) is 0 Å². The van der Waals surface area contributed by atoms with Gasteiger partial charge in [-0.3, -0.25) is 4.90 Å². The number of rotatable bonds is 5. The lowest BCUT2D eigenvalue weighted by Gasteiger charge is -2.39. The normalized spacial score (nSPS) is 16.7. The SMILES string of the molecule is CCCN1CCN(C(c2ccc(F)cc2)c2ccc(F)cc2)CC1. The summed E-state index contributed by atoms with van der Waals surface area (Å²) < 4.78 is 26.6. The van der Waals surface area contributed by atoms with Crippen LogP contribution in [0.1, 0.15) is 30.5 Å². The average molecular weight is 330 g/mol. The second-order valence-electron chi connectivity index (χ2n) is 6.38. The van der Waals surface area contributed by atoms with E-state index in [4.69, 9.17) is 0 Å². The largest absolute Gasteiger partial charge is 0.301 e. The first kappa shape index (κ1) is 17.1. The van der Waals surface area contributed by atoms with Crippen molar-refractivity contribution in [1.29, 1.82) is 0 Å². The first-order chi connectivity index (χ1) is 11.7. The summed E-state index contributed by atoms with van der Waals surface area (Å²) in [5.41, 5.74) is 2.10. The van der Waals surface area contributed by atoms with Gasteiger partial charge in [0.25, 0.3) is 0 Å². The molecule has 1 aliphatic heterocycles. The van der Waals surface area contributed by atoms with Crippen LogP contribution in [0.3, 0.4) is 0 Å². The third-order valence-corrected chi connectivity index (χ3v) is 4.68. The lowest BCUT2D eigenvalue weighted by molar-refractivity contribution is 0.109. The van der Waals surface area contributed by atoms with Crippen molar-refractivity contribution < 1.29 is 8.78 Å². The van der Waals surface area contributed by atoms with E-state index in [1.807, 2.05) is 24.3 Å². The number of nitrogens with zero attached hydrogens (tertiary/aromatic N) is 2. The Kier molecular flexibility index (Phi) is 5.59. The zero-order valence-electron chi connectivity index (χ0n) is 14.1. The third-order valence-electron chi connectivity index (χ3n) is 4.68. The fourth-order valence-corrected chi connectivity index (χ4v) is 3.47. The van der Waals surface area contributed by atoms with Gasteiger partial charge in [0.1, 0.15) is 11.6 Å². The van der Waals surface area contributed by atoms with Crippen molar-refractivity contribution in [2.45, 2.75) is 19.4 Å². The zero-order valence-corrected chi connectivity index (χ0v) is 14.1. The van der Waals surface area contributed by atoms with Gasteiger partial charge in [-0.15, -0.1) is 0 Å². The van der Waals surface area contributed by atoms with E-state index >= 15 is 0 Å². The zero-order chi connectivity index (χ0) is 16.9. The van der Waals surface area contributed by atoms with E-state index in [0.29, 0.717) is 0 Å². The minimum Gasteiger partial charge on any atom is -0.301 e. The molecule has 0 spiro atoms. The first-order valence-electron chi connectivity index (χ1n) is 8.64. The van der Waals surface area contributed by atoms with Crippen molar-refractivity contribution in [1.82, 2.24) is 9.80 Å². The molecule has 0 atom stereocenters. The van der Waals surface area contributed by atoms with E-state index < -0.39 is 0 Å². The first-order valence-corrected chi connectivity index (χ1v) is 8.64. The Morgan fingerprint density at radius 2 is 1.25 bits per heavy atom. The van der Waals surface area contributed by atoms with Crippen LogP contribution in [0.4, 0.5) is 8.78 Å². The van der Waals surface area contributed by atoms with Crippen molar-refractivity contribution in [3.8, 4) is 0 Å². The highest BCUT2D eigenvalue weighted by atomic mass is 19.1. The van der Waals surface area contributed by atoms with Gasteiger partial charge in [-0.2, -0.15) is 0 Å². The maximum absolute atomic E-state index is 13.3. The van der Waals surface area contributed by atoms with Gasteiger partial charge in [-0.25, -0.2) is 8.78 Å². The average Bonchev–Trinajstić information content (AvgIpc) is 2.60. The number of halogens is 2. The van der Waals surface area contributed by atoms with Crippen LogP contribution in [-0.4, -0.2) is 42.5 Å². The fraction of sp³-hybridized carbons (Fsp3) is 0.400. The molecule has 3 rings (SSSR count). The summed E-state index contributed by atoms with van der Waals surface area (Å²) in [4.78, 5) is 4.88. The summed E-state index contributed by atoms with van der Waals surface area (Å²) >= 11 is 0. The van der Waals surface area contributed by atoms with Crippen LogP contribution < -0.4 is 0 Å². The van der Waals surface area contributed by atoms with Crippen molar-refractivity contribution in [3.05, 3.63) is 71.3 Å². The van der Waals surface area contributed by atoms with Crippen LogP contribution in [0, 0.1) is 11.6 Å². The van der Waals surface area contributed by atoms with E-state index in [1.54, 1.807) is 0 Å². The molecular formula is C20H24F2N2. The highest BCUT2D eigenvalue weighted by molar-refractivity contribution is 5.32. The van der Waals surface area contributed by atoms with Gasteiger partial charge >= 0.3 is 0 Å². The van der Waals surface area contributed by atoms with Crippen molar-refractivity contribution in [2.24, 2.45) is 0 Å². The molecule has 128 valence electrons. The van der Waals surface area contributed by atoms with Gasteiger partial charge in [-0.05, 0) is 48.4 Å². The monoisotopic (exact) mass is 330 g/mol. The van der Waals surface area contributed by atoms with Crippen molar-refractivity contribution in [2.75, 3.05) is 32.7 Å². The Bertz CT molecular complexity index is 586. The Balaban J connectivity index is 1.85. The quantitative estimate of drug-likeness (QED) is 0.815. The summed E-state index contributed by atoms with van der Waals surface area (Å²) in [6.07, 6.45) is 1.17. The number of benzene rings is 2. The van der Waals surface area contributed by atoms with Crippen LogP contribution in [0.15, 0.2) is 48.5 Å². The van der Waals surface area contributed by atoms with Crippen LogP contribution in [0.2, 0.25) is 0 Å². The lowest BCUT2D eigenvalue weighted by Crippen LogP contribution is -2.47. The van der Waals surface area contributed by atoms with Gasteiger partial charge in [0, 0.05) is 26.2 Å². The standard InChI is InChI=1S/C20H24F2N2/c1-2-11-23-12-14-24(15-13-23)20(16-3-7-18(21)8-4-16)17-5-9-19(22)10-6-17/h3-10,20H,2,11-15H2,1H3. The Morgan fingerprint density at radius 1 is 0.792 bits per heavy atom. The van der Waals surface area contributed by atoms with Gasteiger partial charge < -0.3 is 4.90 Å². The minimum absolute atomic E-state index is 0.0370. The van der Waals surface area contributed by atoms with Crippen LogP contribution in [0.5, 0.6) is 0 Å². The summed E-state index contributed by atoms with van der Waals surface area (Å²) in [6, 6.07) is 13.4. The molecule has 2 aromatic carbocycles. The molecular weight excluding hydrogens is 306 g/mol. The van der Waals surface area contributed by atoms with Crippen molar-refractivity contribution in [3.63, 3.8) is 0 Å². The van der Waals surface area contributed by atoms with Crippen LogP contribution >= 0.6 is 0 Å².